The largest absolute Gasteiger partial charge is 0.481 e. The average Bonchev–Trinajstić information content (AvgIpc) is 3.29. The van der Waals surface area contributed by atoms with E-state index in [1.54, 1.807) is 0 Å². The first-order valence-corrected chi connectivity index (χ1v) is 10.5. The van der Waals surface area contributed by atoms with Crippen molar-refractivity contribution in [1.29, 1.82) is 0 Å². The zero-order chi connectivity index (χ0) is 24.7. The van der Waals surface area contributed by atoms with E-state index in [1.807, 2.05) is 0 Å². The van der Waals surface area contributed by atoms with E-state index in [1.165, 1.54) is 10.9 Å². The van der Waals surface area contributed by atoms with Crippen molar-refractivity contribution in [2.75, 3.05) is 59.5 Å². The van der Waals surface area contributed by atoms with Gasteiger partial charge >= 0.3 is 5.97 Å². The van der Waals surface area contributed by atoms with Crippen LogP contribution in [0.1, 0.15) is 18.5 Å². The van der Waals surface area contributed by atoms with Gasteiger partial charge in [0.1, 0.15) is 23.9 Å². The first kappa shape index (κ1) is 29.3. The van der Waals surface area contributed by atoms with Gasteiger partial charge in [-0.3, -0.25) is 4.79 Å². The van der Waals surface area contributed by atoms with Crippen LogP contribution in [0.15, 0.2) is 6.20 Å². The van der Waals surface area contributed by atoms with E-state index in [2.05, 4.69) is 10.3 Å². The minimum absolute atomic E-state index is 0.0502. The first-order chi connectivity index (χ1) is 15.9. The molecular weight excluding hydrogens is 446 g/mol. The molecule has 1 heterocycles. The highest BCUT2D eigenvalue weighted by Crippen LogP contribution is 2.22. The van der Waals surface area contributed by atoms with Gasteiger partial charge in [-0.15, -0.1) is 5.10 Å². The maximum absolute atomic E-state index is 10.8. The Kier molecular flexibility index (Phi) is 14.2. The van der Waals surface area contributed by atoms with Gasteiger partial charge in [0.15, 0.2) is 0 Å². The van der Waals surface area contributed by atoms with E-state index in [-0.39, 0.29) is 26.2 Å². The second-order valence-corrected chi connectivity index (χ2v) is 7.52. The molecule has 0 bridgehead atoms. The third kappa shape index (κ3) is 9.95. The molecule has 0 unspecified atom stereocenters. The molecule has 1 rings (SSSR count). The molecule has 14 nitrogen and oxygen atoms in total. The molecule has 0 fully saturated rings. The van der Waals surface area contributed by atoms with Crippen molar-refractivity contribution in [3.8, 4) is 0 Å². The Morgan fingerprint density at radius 2 is 1.27 bits per heavy atom. The Labute approximate surface area is 190 Å². The number of aryl methyl sites for hydroxylation is 1. The third-order valence-corrected chi connectivity index (χ3v) is 4.84. The molecule has 192 valence electrons. The molecule has 0 aliphatic carbocycles. The Balaban J connectivity index is 3.22. The van der Waals surface area contributed by atoms with Crippen LogP contribution in [0.25, 0.3) is 0 Å². The molecule has 0 saturated carbocycles. The van der Waals surface area contributed by atoms with Crippen LogP contribution in [0.2, 0.25) is 0 Å². The molecule has 0 atom stereocenters. The number of carboxylic acids is 1. The SMILES string of the molecule is O=C(O)CCCc1cn(C(COC(CO)CO)(COC(CO)CO)COC(CO)CO)nn1. The number of aliphatic hydroxyl groups is 6. The zero-order valence-electron chi connectivity index (χ0n) is 18.4. The molecule has 0 spiro atoms. The molecular formula is C19H35N3O11. The predicted molar refractivity (Wildman–Crippen MR) is 110 cm³/mol. The molecule has 1 aromatic heterocycles. The summed E-state index contributed by atoms with van der Waals surface area (Å²) in [5, 5.41) is 73.1. The van der Waals surface area contributed by atoms with Gasteiger partial charge in [0.2, 0.25) is 0 Å². The number of rotatable bonds is 20. The van der Waals surface area contributed by atoms with E-state index in [0.29, 0.717) is 18.5 Å². The molecule has 0 aliphatic rings. The van der Waals surface area contributed by atoms with Crippen LogP contribution in [-0.2, 0) is 31.0 Å². The fourth-order valence-electron chi connectivity index (χ4n) is 2.70. The van der Waals surface area contributed by atoms with Gasteiger partial charge in [0.05, 0.1) is 65.2 Å². The van der Waals surface area contributed by atoms with Crippen LogP contribution in [0.4, 0.5) is 0 Å². The lowest BCUT2D eigenvalue weighted by molar-refractivity contribution is -0.137. The van der Waals surface area contributed by atoms with Crippen molar-refractivity contribution in [2.45, 2.75) is 43.1 Å². The van der Waals surface area contributed by atoms with E-state index < -0.39 is 69.5 Å². The highest BCUT2D eigenvalue weighted by molar-refractivity contribution is 5.66. The Hall–Kier alpha value is -1.75. The number of aliphatic hydroxyl groups excluding tert-OH is 6. The van der Waals surface area contributed by atoms with Crippen LogP contribution in [0.5, 0.6) is 0 Å². The van der Waals surface area contributed by atoms with Gasteiger partial charge in [0, 0.05) is 12.6 Å². The van der Waals surface area contributed by atoms with E-state index >= 15 is 0 Å². The monoisotopic (exact) mass is 481 g/mol. The summed E-state index contributed by atoms with van der Waals surface area (Å²) in [5.74, 6) is -0.941. The molecule has 33 heavy (non-hydrogen) atoms. The van der Waals surface area contributed by atoms with Gasteiger partial charge in [-0.05, 0) is 12.8 Å². The van der Waals surface area contributed by atoms with Gasteiger partial charge < -0.3 is 50.0 Å². The van der Waals surface area contributed by atoms with E-state index in [4.69, 9.17) is 19.3 Å². The molecule has 0 saturated heterocycles. The van der Waals surface area contributed by atoms with Crippen molar-refractivity contribution >= 4 is 5.97 Å². The Bertz CT molecular complexity index is 608. The predicted octanol–water partition coefficient (Wildman–Crippen LogP) is -3.51. The number of aromatic nitrogens is 3. The fourth-order valence-corrected chi connectivity index (χ4v) is 2.70. The minimum Gasteiger partial charge on any atom is -0.481 e. The maximum Gasteiger partial charge on any atom is 0.303 e. The van der Waals surface area contributed by atoms with Gasteiger partial charge in [-0.25, -0.2) is 4.68 Å². The quantitative estimate of drug-likeness (QED) is 0.0962. The number of carboxylic acid groups (broad SMARTS) is 1. The van der Waals surface area contributed by atoms with Crippen LogP contribution < -0.4 is 0 Å². The minimum atomic E-state index is -1.31. The third-order valence-electron chi connectivity index (χ3n) is 4.84. The van der Waals surface area contributed by atoms with Crippen molar-refractivity contribution in [1.82, 2.24) is 15.0 Å². The second kappa shape index (κ2) is 16.0. The lowest BCUT2D eigenvalue weighted by atomic mass is 10.0. The molecule has 7 N–H and O–H groups in total. The summed E-state index contributed by atoms with van der Waals surface area (Å²) in [6.45, 7) is -3.54. The molecule has 1 aromatic rings. The Morgan fingerprint density at radius 1 is 0.848 bits per heavy atom. The standard InChI is InChI=1S/C19H35N3O11/c23-5-15(6-24)31-11-19(12-32-16(7-25)8-26,13-33-17(9-27)10-28)22-4-14(20-21-22)2-1-3-18(29)30/h4,15-17,23-28H,1-3,5-13H2,(H,29,30). The molecule has 0 radical (unpaired) electrons. The smallest absolute Gasteiger partial charge is 0.303 e. The van der Waals surface area contributed by atoms with E-state index in [0.717, 1.165) is 0 Å². The van der Waals surface area contributed by atoms with Crippen LogP contribution in [-0.4, -0.2) is 134 Å². The summed E-state index contributed by atoms with van der Waals surface area (Å²) in [7, 11) is 0. The summed E-state index contributed by atoms with van der Waals surface area (Å²) in [6, 6.07) is 0. The van der Waals surface area contributed by atoms with Gasteiger partial charge in [0.25, 0.3) is 0 Å². The normalized spacial score (nSPS) is 12.4. The zero-order valence-corrected chi connectivity index (χ0v) is 18.4. The highest BCUT2D eigenvalue weighted by atomic mass is 16.5. The summed E-state index contributed by atoms with van der Waals surface area (Å²) in [4.78, 5) is 10.8. The number of aliphatic carboxylic acids is 1. The van der Waals surface area contributed by atoms with Crippen molar-refractivity contribution < 1.29 is 54.8 Å². The van der Waals surface area contributed by atoms with Crippen molar-refractivity contribution in [2.24, 2.45) is 0 Å². The van der Waals surface area contributed by atoms with Crippen LogP contribution >= 0.6 is 0 Å². The molecule has 0 aromatic carbocycles. The van der Waals surface area contributed by atoms with E-state index in [9.17, 15) is 35.4 Å². The molecule has 0 aliphatic heterocycles. The van der Waals surface area contributed by atoms with Gasteiger partial charge in [-0.1, -0.05) is 5.21 Å². The maximum atomic E-state index is 10.8. The first-order valence-electron chi connectivity index (χ1n) is 10.5. The average molecular weight is 481 g/mol. The molecule has 14 heteroatoms. The number of hydrogen-bond acceptors (Lipinski definition) is 12. The Morgan fingerprint density at radius 3 is 1.64 bits per heavy atom. The lowest BCUT2D eigenvalue weighted by Gasteiger charge is -2.35. The molecule has 0 amide bonds. The van der Waals surface area contributed by atoms with Crippen molar-refractivity contribution in [3.63, 3.8) is 0 Å². The number of ether oxygens (including phenoxy) is 3. The second-order valence-electron chi connectivity index (χ2n) is 7.52. The van der Waals surface area contributed by atoms with Gasteiger partial charge in [-0.2, -0.15) is 0 Å². The topological polar surface area (TPSA) is 217 Å². The lowest BCUT2D eigenvalue weighted by Crippen LogP contribution is -2.51. The summed E-state index contributed by atoms with van der Waals surface area (Å²) < 4.78 is 18.2. The van der Waals surface area contributed by atoms with Crippen LogP contribution in [0, 0.1) is 0 Å². The number of nitrogens with zero attached hydrogens (tertiary/aromatic N) is 3. The van der Waals surface area contributed by atoms with Crippen molar-refractivity contribution in [3.05, 3.63) is 11.9 Å². The highest BCUT2D eigenvalue weighted by Gasteiger charge is 2.38. The number of hydrogen-bond donors (Lipinski definition) is 7. The number of carbonyl (C=O) groups is 1. The summed E-state index contributed by atoms with van der Waals surface area (Å²) in [5.41, 5.74) is -0.838. The summed E-state index contributed by atoms with van der Waals surface area (Å²) >= 11 is 0. The summed E-state index contributed by atoms with van der Waals surface area (Å²) in [6.07, 6.45) is -0.652. The van der Waals surface area contributed by atoms with Crippen LogP contribution in [0.3, 0.4) is 0 Å². The fraction of sp³-hybridized carbons (Fsp3) is 0.842.